The number of carbonyl (C=O) groups excluding carboxylic acids is 1. The number of hydrogen-bond acceptors (Lipinski definition) is 5. The highest BCUT2D eigenvalue weighted by Gasteiger charge is 2.39. The zero-order valence-electron chi connectivity index (χ0n) is 17.4. The van der Waals surface area contributed by atoms with Crippen LogP contribution in [0.5, 0.6) is 0 Å². The summed E-state index contributed by atoms with van der Waals surface area (Å²) >= 11 is 2.06. The molecule has 0 aromatic heterocycles. The van der Waals surface area contributed by atoms with Gasteiger partial charge in [0.05, 0.1) is 0 Å². The third-order valence-corrected chi connectivity index (χ3v) is 6.05. The van der Waals surface area contributed by atoms with E-state index in [1.165, 1.54) is 50.3 Å². The molecule has 27 heavy (non-hydrogen) atoms. The third kappa shape index (κ3) is 7.41. The Morgan fingerprint density at radius 1 is 1.11 bits per heavy atom. The second-order valence-electron chi connectivity index (χ2n) is 8.31. The SMILES string of the molecule is CN=C(NCCNC(=O)OC(C)(C)C)NCC1(N2CCSCC2)CCCC1. The maximum Gasteiger partial charge on any atom is 0.407 e. The number of carbonyl (C=O) groups is 1. The Bertz CT molecular complexity index is 495. The van der Waals surface area contributed by atoms with Crippen molar-refractivity contribution >= 4 is 23.8 Å². The van der Waals surface area contributed by atoms with Crippen molar-refractivity contribution in [3.8, 4) is 0 Å². The maximum atomic E-state index is 11.7. The van der Waals surface area contributed by atoms with E-state index in [0.29, 0.717) is 13.1 Å². The Labute approximate surface area is 168 Å². The second-order valence-corrected chi connectivity index (χ2v) is 9.54. The van der Waals surface area contributed by atoms with Gasteiger partial charge in [0.15, 0.2) is 5.96 Å². The minimum absolute atomic E-state index is 0.271. The van der Waals surface area contributed by atoms with Gasteiger partial charge < -0.3 is 20.7 Å². The first kappa shape index (κ1) is 22.1. The van der Waals surface area contributed by atoms with Crippen molar-refractivity contribution in [3.63, 3.8) is 0 Å². The molecular weight excluding hydrogens is 362 g/mol. The molecule has 0 bridgehead atoms. The van der Waals surface area contributed by atoms with E-state index >= 15 is 0 Å². The van der Waals surface area contributed by atoms with Crippen molar-refractivity contribution in [2.75, 3.05) is 51.3 Å². The van der Waals surface area contributed by atoms with Gasteiger partial charge in [-0.2, -0.15) is 11.8 Å². The van der Waals surface area contributed by atoms with Crippen LogP contribution in [-0.2, 0) is 4.74 Å². The first-order valence-corrected chi connectivity index (χ1v) is 11.2. The Morgan fingerprint density at radius 2 is 1.74 bits per heavy atom. The molecule has 1 aliphatic carbocycles. The zero-order chi connectivity index (χ0) is 19.8. The summed E-state index contributed by atoms with van der Waals surface area (Å²) < 4.78 is 5.24. The van der Waals surface area contributed by atoms with Crippen LogP contribution in [0.1, 0.15) is 46.5 Å². The highest BCUT2D eigenvalue weighted by molar-refractivity contribution is 7.99. The first-order valence-electron chi connectivity index (χ1n) is 10.1. The number of hydrogen-bond donors (Lipinski definition) is 3. The Kier molecular flexibility index (Phi) is 8.54. The topological polar surface area (TPSA) is 78.0 Å². The van der Waals surface area contributed by atoms with E-state index in [4.69, 9.17) is 4.74 Å². The summed E-state index contributed by atoms with van der Waals surface area (Å²) in [4.78, 5) is 18.7. The Morgan fingerprint density at radius 3 is 2.33 bits per heavy atom. The van der Waals surface area contributed by atoms with Crippen molar-refractivity contribution < 1.29 is 9.53 Å². The van der Waals surface area contributed by atoms with Crippen LogP contribution < -0.4 is 16.0 Å². The second kappa shape index (κ2) is 10.4. The van der Waals surface area contributed by atoms with Crippen LogP contribution in [0.3, 0.4) is 0 Å². The summed E-state index contributed by atoms with van der Waals surface area (Å²) in [5.41, 5.74) is -0.203. The van der Waals surface area contributed by atoms with E-state index in [1.54, 1.807) is 7.05 Å². The molecule has 2 rings (SSSR count). The fraction of sp³-hybridized carbons (Fsp3) is 0.895. The summed E-state index contributed by atoms with van der Waals surface area (Å²) in [6.45, 7) is 9.98. The van der Waals surface area contributed by atoms with Crippen LogP contribution in [0.4, 0.5) is 4.79 Å². The Balaban J connectivity index is 1.73. The van der Waals surface area contributed by atoms with Gasteiger partial charge in [-0.15, -0.1) is 0 Å². The molecule has 2 fully saturated rings. The lowest BCUT2D eigenvalue weighted by molar-refractivity contribution is 0.0529. The van der Waals surface area contributed by atoms with E-state index in [-0.39, 0.29) is 11.6 Å². The fourth-order valence-corrected chi connectivity index (χ4v) is 4.71. The average Bonchev–Trinajstić information content (AvgIpc) is 3.10. The quantitative estimate of drug-likeness (QED) is 0.360. The number of aliphatic imine (C=N–C) groups is 1. The Hall–Kier alpha value is -1.15. The number of ether oxygens (including phenoxy) is 1. The van der Waals surface area contributed by atoms with Crippen LogP contribution in [0.15, 0.2) is 4.99 Å². The molecule has 1 saturated carbocycles. The molecule has 1 saturated heterocycles. The van der Waals surface area contributed by atoms with E-state index in [0.717, 1.165) is 12.5 Å². The minimum atomic E-state index is -0.475. The molecule has 7 nitrogen and oxygen atoms in total. The minimum Gasteiger partial charge on any atom is -0.444 e. The largest absolute Gasteiger partial charge is 0.444 e. The normalized spacial score (nSPS) is 21.0. The zero-order valence-corrected chi connectivity index (χ0v) is 18.2. The highest BCUT2D eigenvalue weighted by Crippen LogP contribution is 2.36. The summed E-state index contributed by atoms with van der Waals surface area (Å²) in [7, 11) is 1.79. The fourth-order valence-electron chi connectivity index (χ4n) is 3.80. The molecule has 1 aliphatic heterocycles. The van der Waals surface area contributed by atoms with Gasteiger partial charge in [0, 0.05) is 56.8 Å². The maximum absolute atomic E-state index is 11.7. The number of nitrogens with zero attached hydrogens (tertiary/aromatic N) is 2. The van der Waals surface area contributed by atoms with Crippen molar-refractivity contribution in [2.24, 2.45) is 4.99 Å². The number of rotatable bonds is 6. The first-order chi connectivity index (χ1) is 12.8. The van der Waals surface area contributed by atoms with Crippen molar-refractivity contribution in [3.05, 3.63) is 0 Å². The molecule has 0 aromatic rings. The van der Waals surface area contributed by atoms with Crippen LogP contribution in [0.25, 0.3) is 0 Å². The molecule has 2 aliphatic rings. The molecule has 0 unspecified atom stereocenters. The molecule has 156 valence electrons. The monoisotopic (exact) mass is 399 g/mol. The smallest absolute Gasteiger partial charge is 0.407 e. The van der Waals surface area contributed by atoms with E-state index in [2.05, 4.69) is 37.6 Å². The van der Waals surface area contributed by atoms with Gasteiger partial charge >= 0.3 is 6.09 Å². The van der Waals surface area contributed by atoms with Crippen molar-refractivity contribution in [2.45, 2.75) is 57.6 Å². The van der Waals surface area contributed by atoms with E-state index < -0.39 is 5.60 Å². The average molecular weight is 400 g/mol. The number of nitrogens with one attached hydrogen (secondary N) is 3. The summed E-state index contributed by atoms with van der Waals surface area (Å²) in [5.74, 6) is 3.27. The van der Waals surface area contributed by atoms with Gasteiger partial charge in [-0.05, 0) is 33.6 Å². The summed E-state index contributed by atoms with van der Waals surface area (Å²) in [5, 5.41) is 9.56. The van der Waals surface area contributed by atoms with Crippen LogP contribution in [0, 0.1) is 0 Å². The van der Waals surface area contributed by atoms with Crippen molar-refractivity contribution in [1.82, 2.24) is 20.9 Å². The lowest BCUT2D eigenvalue weighted by Gasteiger charge is -2.43. The molecule has 1 amide bonds. The van der Waals surface area contributed by atoms with E-state index in [1.807, 2.05) is 20.8 Å². The van der Waals surface area contributed by atoms with Crippen LogP contribution >= 0.6 is 11.8 Å². The highest BCUT2D eigenvalue weighted by atomic mass is 32.2. The van der Waals surface area contributed by atoms with Crippen molar-refractivity contribution in [1.29, 1.82) is 0 Å². The molecule has 3 N–H and O–H groups in total. The third-order valence-electron chi connectivity index (χ3n) is 5.11. The van der Waals surface area contributed by atoms with E-state index in [9.17, 15) is 4.79 Å². The number of guanidine groups is 1. The molecule has 0 spiro atoms. The molecule has 0 radical (unpaired) electrons. The van der Waals surface area contributed by atoms with Gasteiger partial charge in [-0.1, -0.05) is 12.8 Å². The standard InChI is InChI=1S/C19H37N5O2S/c1-18(2,3)26-17(25)22-10-9-21-16(20-4)23-15-19(7-5-6-8-19)24-11-13-27-14-12-24/h5-15H2,1-4H3,(H,22,25)(H2,20,21,23). The van der Waals surface area contributed by atoms with Gasteiger partial charge in [-0.25, -0.2) is 4.79 Å². The number of thioether (sulfide) groups is 1. The molecule has 8 heteroatoms. The molecule has 1 heterocycles. The summed E-state index contributed by atoms with van der Waals surface area (Å²) in [6, 6.07) is 0. The van der Waals surface area contributed by atoms with Gasteiger partial charge in [0.1, 0.15) is 5.60 Å². The lowest BCUT2D eigenvalue weighted by Crippen LogP contribution is -2.57. The number of alkyl carbamates (subject to hydrolysis) is 1. The predicted molar refractivity (Wildman–Crippen MR) is 114 cm³/mol. The predicted octanol–water partition coefficient (Wildman–Crippen LogP) is 2.04. The van der Waals surface area contributed by atoms with Crippen LogP contribution in [-0.4, -0.2) is 79.4 Å². The lowest BCUT2D eigenvalue weighted by atomic mass is 9.94. The number of amides is 1. The van der Waals surface area contributed by atoms with Gasteiger partial charge in [0.2, 0.25) is 0 Å². The summed E-state index contributed by atoms with van der Waals surface area (Å²) in [6.07, 6.45) is 4.78. The molecule has 0 aromatic carbocycles. The molecular formula is C19H37N5O2S. The van der Waals surface area contributed by atoms with Gasteiger partial charge in [0.25, 0.3) is 0 Å². The van der Waals surface area contributed by atoms with Crippen LogP contribution in [0.2, 0.25) is 0 Å². The van der Waals surface area contributed by atoms with Gasteiger partial charge in [-0.3, -0.25) is 9.89 Å². The molecule has 0 atom stereocenters.